The number of carboxylic acid groups (broad SMARTS) is 1. The standard InChI is InChI=1S/C28H30N4O5/c1-17(2)13-24(25(33)30-16-18-7-10-29-11-8-18)31-23(28(36)37)9-12-32-26(34)21-14-19-5-3-4-6-20(19)15-22(21)27(32)35/h3-8,10-11,14-15,17,23-24,31H,9,12-13,16H2,1-2H3,(H,30,33)(H,36,37)/t23-,24+/m1/s1. The van der Waals surface area contributed by atoms with E-state index < -0.39 is 29.9 Å². The number of hydrogen-bond donors (Lipinski definition) is 3. The van der Waals surface area contributed by atoms with E-state index in [1.165, 1.54) is 0 Å². The zero-order valence-electron chi connectivity index (χ0n) is 20.8. The zero-order chi connectivity index (χ0) is 26.5. The number of pyridine rings is 1. The summed E-state index contributed by atoms with van der Waals surface area (Å²) in [6, 6.07) is 12.5. The van der Waals surface area contributed by atoms with Gasteiger partial charge in [0.2, 0.25) is 5.91 Å². The summed E-state index contributed by atoms with van der Waals surface area (Å²) in [6.45, 7) is 4.10. The van der Waals surface area contributed by atoms with E-state index in [4.69, 9.17) is 0 Å². The quantitative estimate of drug-likeness (QED) is 0.344. The molecule has 1 aliphatic rings. The SMILES string of the molecule is CC(C)C[C@H](N[C@H](CCN1C(=O)c2cc3ccccc3cc2C1=O)C(=O)O)C(=O)NCc1ccncc1. The number of amides is 3. The number of carboxylic acids is 1. The molecule has 37 heavy (non-hydrogen) atoms. The lowest BCUT2D eigenvalue weighted by Gasteiger charge is -2.25. The lowest BCUT2D eigenvalue weighted by atomic mass is 10.0. The van der Waals surface area contributed by atoms with Crippen molar-refractivity contribution in [3.63, 3.8) is 0 Å². The van der Waals surface area contributed by atoms with Crippen molar-refractivity contribution in [2.24, 2.45) is 5.92 Å². The molecule has 0 radical (unpaired) electrons. The second kappa shape index (κ2) is 11.3. The van der Waals surface area contributed by atoms with Gasteiger partial charge in [0, 0.05) is 25.5 Å². The molecule has 9 heteroatoms. The number of benzene rings is 2. The van der Waals surface area contributed by atoms with Crippen molar-refractivity contribution in [3.05, 3.63) is 77.6 Å². The van der Waals surface area contributed by atoms with E-state index in [2.05, 4.69) is 15.6 Å². The summed E-state index contributed by atoms with van der Waals surface area (Å²) < 4.78 is 0. The highest BCUT2D eigenvalue weighted by molar-refractivity contribution is 6.23. The van der Waals surface area contributed by atoms with Crippen molar-refractivity contribution < 1.29 is 24.3 Å². The van der Waals surface area contributed by atoms with Crippen molar-refractivity contribution >= 4 is 34.5 Å². The minimum absolute atomic E-state index is 0.0352. The highest BCUT2D eigenvalue weighted by atomic mass is 16.4. The molecule has 0 aliphatic carbocycles. The Morgan fingerprint density at radius 1 is 0.946 bits per heavy atom. The Morgan fingerprint density at radius 2 is 1.54 bits per heavy atom. The van der Waals surface area contributed by atoms with E-state index in [1.54, 1.807) is 36.7 Å². The van der Waals surface area contributed by atoms with Crippen LogP contribution in [0.1, 0.15) is 53.0 Å². The van der Waals surface area contributed by atoms with Crippen LogP contribution in [0.25, 0.3) is 10.8 Å². The zero-order valence-corrected chi connectivity index (χ0v) is 20.8. The maximum absolute atomic E-state index is 13.0. The van der Waals surface area contributed by atoms with Crippen molar-refractivity contribution in [3.8, 4) is 0 Å². The summed E-state index contributed by atoms with van der Waals surface area (Å²) in [5.41, 5.74) is 1.51. The van der Waals surface area contributed by atoms with Crippen LogP contribution < -0.4 is 10.6 Å². The molecule has 3 N–H and O–H groups in total. The molecule has 2 atom stereocenters. The normalized spacial score (nSPS) is 14.6. The molecule has 0 saturated carbocycles. The van der Waals surface area contributed by atoms with Crippen LogP contribution in [-0.2, 0) is 16.1 Å². The minimum atomic E-state index is -1.15. The third-order valence-electron chi connectivity index (χ3n) is 6.42. The fourth-order valence-electron chi connectivity index (χ4n) is 4.49. The number of nitrogens with one attached hydrogen (secondary N) is 2. The van der Waals surface area contributed by atoms with E-state index >= 15 is 0 Å². The van der Waals surface area contributed by atoms with Gasteiger partial charge in [-0.05, 0) is 59.4 Å². The smallest absolute Gasteiger partial charge is 0.320 e. The summed E-state index contributed by atoms with van der Waals surface area (Å²) in [6.07, 6.45) is 3.65. The van der Waals surface area contributed by atoms with Crippen molar-refractivity contribution in [1.29, 1.82) is 0 Å². The van der Waals surface area contributed by atoms with Crippen LogP contribution in [0.5, 0.6) is 0 Å². The Morgan fingerprint density at radius 3 is 2.08 bits per heavy atom. The molecule has 0 fully saturated rings. The number of aliphatic carboxylic acids is 1. The van der Waals surface area contributed by atoms with E-state index in [9.17, 15) is 24.3 Å². The topological polar surface area (TPSA) is 129 Å². The van der Waals surface area contributed by atoms with E-state index in [0.717, 1.165) is 21.2 Å². The number of fused-ring (bicyclic) bond motifs is 2. The number of aromatic nitrogens is 1. The summed E-state index contributed by atoms with van der Waals surface area (Å²) in [7, 11) is 0. The molecule has 0 bridgehead atoms. The number of nitrogens with zero attached hydrogens (tertiary/aromatic N) is 2. The van der Waals surface area contributed by atoms with Gasteiger partial charge in [0.05, 0.1) is 17.2 Å². The number of rotatable bonds is 11. The molecule has 2 aromatic carbocycles. The number of hydrogen-bond acceptors (Lipinski definition) is 6. The molecule has 3 aromatic rings. The molecule has 9 nitrogen and oxygen atoms in total. The van der Waals surface area contributed by atoms with Gasteiger partial charge < -0.3 is 10.4 Å². The summed E-state index contributed by atoms with van der Waals surface area (Å²) in [4.78, 5) is 56.1. The number of carbonyl (C=O) groups excluding carboxylic acids is 3. The second-order valence-electron chi connectivity index (χ2n) is 9.61. The van der Waals surface area contributed by atoms with Crippen molar-refractivity contribution in [2.45, 2.75) is 45.3 Å². The Balaban J connectivity index is 1.43. The van der Waals surface area contributed by atoms with Gasteiger partial charge in [0.25, 0.3) is 11.8 Å². The van der Waals surface area contributed by atoms with E-state index in [-0.39, 0.29) is 24.8 Å². The summed E-state index contributed by atoms with van der Waals surface area (Å²) >= 11 is 0. The van der Waals surface area contributed by atoms with Crippen LogP contribution in [0, 0.1) is 5.92 Å². The Hall–Kier alpha value is -4.11. The first kappa shape index (κ1) is 26.0. The van der Waals surface area contributed by atoms with Gasteiger partial charge >= 0.3 is 5.97 Å². The third kappa shape index (κ3) is 6.00. The first-order chi connectivity index (χ1) is 17.7. The molecule has 0 spiro atoms. The van der Waals surface area contributed by atoms with Gasteiger partial charge in [0.15, 0.2) is 0 Å². The van der Waals surface area contributed by atoms with Crippen molar-refractivity contribution in [2.75, 3.05) is 6.54 Å². The van der Waals surface area contributed by atoms with Crippen LogP contribution in [0.4, 0.5) is 0 Å². The average Bonchev–Trinajstić information content (AvgIpc) is 3.11. The molecule has 3 amide bonds. The molecular weight excluding hydrogens is 472 g/mol. The second-order valence-corrected chi connectivity index (χ2v) is 9.61. The molecule has 1 aromatic heterocycles. The summed E-state index contributed by atoms with van der Waals surface area (Å²) in [5, 5.41) is 17.4. The van der Waals surface area contributed by atoms with Crippen LogP contribution in [0.3, 0.4) is 0 Å². The van der Waals surface area contributed by atoms with E-state index in [1.807, 2.05) is 38.1 Å². The van der Waals surface area contributed by atoms with Gasteiger partial charge in [-0.15, -0.1) is 0 Å². The Labute approximate surface area is 214 Å². The van der Waals surface area contributed by atoms with Gasteiger partial charge in [-0.1, -0.05) is 38.1 Å². The highest BCUT2D eigenvalue weighted by Gasteiger charge is 2.37. The van der Waals surface area contributed by atoms with Gasteiger partial charge in [-0.3, -0.25) is 34.4 Å². The lowest BCUT2D eigenvalue weighted by molar-refractivity contribution is -0.140. The number of carbonyl (C=O) groups is 4. The minimum Gasteiger partial charge on any atom is -0.480 e. The summed E-state index contributed by atoms with van der Waals surface area (Å²) in [5.74, 6) is -2.22. The Bertz CT molecular complexity index is 1270. The molecule has 192 valence electrons. The fraction of sp³-hybridized carbons (Fsp3) is 0.321. The van der Waals surface area contributed by atoms with Gasteiger partial charge in [-0.25, -0.2) is 0 Å². The largest absolute Gasteiger partial charge is 0.480 e. The third-order valence-corrected chi connectivity index (χ3v) is 6.42. The average molecular weight is 503 g/mol. The van der Waals surface area contributed by atoms with E-state index in [0.29, 0.717) is 24.1 Å². The van der Waals surface area contributed by atoms with Crippen LogP contribution in [0.15, 0.2) is 60.9 Å². The first-order valence-corrected chi connectivity index (χ1v) is 12.3. The molecule has 1 aliphatic heterocycles. The molecule has 4 rings (SSSR count). The number of imide groups is 1. The van der Waals surface area contributed by atoms with Crippen molar-refractivity contribution in [1.82, 2.24) is 20.5 Å². The van der Waals surface area contributed by atoms with Crippen LogP contribution >= 0.6 is 0 Å². The molecule has 0 saturated heterocycles. The molecule has 2 heterocycles. The van der Waals surface area contributed by atoms with Crippen LogP contribution in [-0.4, -0.2) is 57.3 Å². The fourth-order valence-corrected chi connectivity index (χ4v) is 4.49. The maximum Gasteiger partial charge on any atom is 0.320 e. The lowest BCUT2D eigenvalue weighted by Crippen LogP contribution is -2.52. The first-order valence-electron chi connectivity index (χ1n) is 12.3. The maximum atomic E-state index is 13.0. The highest BCUT2D eigenvalue weighted by Crippen LogP contribution is 2.28. The predicted molar refractivity (Wildman–Crippen MR) is 138 cm³/mol. The Kier molecular flexibility index (Phi) is 7.93. The van der Waals surface area contributed by atoms with Gasteiger partial charge in [0.1, 0.15) is 6.04 Å². The van der Waals surface area contributed by atoms with Gasteiger partial charge in [-0.2, -0.15) is 0 Å². The molecule has 0 unspecified atom stereocenters. The molecular formula is C28H30N4O5. The predicted octanol–water partition coefficient (Wildman–Crippen LogP) is 2.99. The monoisotopic (exact) mass is 502 g/mol. The van der Waals surface area contributed by atoms with Crippen LogP contribution in [0.2, 0.25) is 0 Å².